The molecule has 0 saturated carbocycles. The number of nitriles is 1. The van der Waals surface area contributed by atoms with E-state index >= 15 is 0 Å². The number of benzene rings is 2. The molecule has 2 aromatic carbocycles. The van der Waals surface area contributed by atoms with Gasteiger partial charge in [0.1, 0.15) is 23.0 Å². The molecule has 1 aromatic heterocycles. The third kappa shape index (κ3) is 4.90. The summed E-state index contributed by atoms with van der Waals surface area (Å²) in [6.45, 7) is 2.64. The van der Waals surface area contributed by atoms with E-state index in [1.807, 2.05) is 19.1 Å². The first-order valence-corrected chi connectivity index (χ1v) is 9.37. The van der Waals surface area contributed by atoms with Crippen molar-refractivity contribution in [2.75, 3.05) is 6.61 Å². The van der Waals surface area contributed by atoms with Crippen LogP contribution in [0.2, 0.25) is 0 Å². The van der Waals surface area contributed by atoms with Crippen LogP contribution in [-0.2, 0) is 9.53 Å². The molecule has 3 rings (SSSR count). The number of hydrogen-bond acceptors (Lipinski definition) is 6. The summed E-state index contributed by atoms with van der Waals surface area (Å²) in [5, 5.41) is 21.0. The standard InChI is InChI=1S/C23H19FN4O3/c1-14-3-5-16(6-4-14)22-20(12-28(27-22)18-9-7-17(24)8-10-18)23(30)31-13-21(29)19(11-25)15(2)26/h3-10,12,19,26H,13H2,1-2H3/t19-/m1/s1. The molecule has 0 aliphatic heterocycles. The maximum atomic E-state index is 13.3. The Kier molecular flexibility index (Phi) is 6.36. The summed E-state index contributed by atoms with van der Waals surface area (Å²) in [6.07, 6.45) is 1.44. The first-order chi connectivity index (χ1) is 14.8. The second kappa shape index (κ2) is 9.13. The number of hydrogen-bond donors (Lipinski definition) is 1. The maximum absolute atomic E-state index is 13.3. The molecule has 31 heavy (non-hydrogen) atoms. The zero-order valence-corrected chi connectivity index (χ0v) is 16.9. The van der Waals surface area contributed by atoms with Gasteiger partial charge in [-0.2, -0.15) is 10.4 Å². The van der Waals surface area contributed by atoms with E-state index < -0.39 is 30.1 Å². The van der Waals surface area contributed by atoms with Crippen LogP contribution in [-0.4, -0.2) is 33.9 Å². The number of rotatable bonds is 7. The molecule has 1 heterocycles. The highest BCUT2D eigenvalue weighted by Gasteiger charge is 2.24. The molecular weight excluding hydrogens is 399 g/mol. The van der Waals surface area contributed by atoms with Crippen LogP contribution in [0.1, 0.15) is 22.8 Å². The van der Waals surface area contributed by atoms with Crippen LogP contribution in [0.15, 0.2) is 54.7 Å². The van der Waals surface area contributed by atoms with Crippen molar-refractivity contribution < 1.29 is 18.7 Å². The number of Topliss-reactive ketones (excluding diaryl/α,β-unsaturated/α-hetero) is 1. The summed E-state index contributed by atoms with van der Waals surface area (Å²) in [4.78, 5) is 24.9. The number of nitrogens with zero attached hydrogens (tertiary/aromatic N) is 3. The van der Waals surface area contributed by atoms with Gasteiger partial charge < -0.3 is 10.1 Å². The lowest BCUT2D eigenvalue weighted by molar-refractivity contribution is -0.122. The number of halogens is 1. The fourth-order valence-electron chi connectivity index (χ4n) is 2.88. The Morgan fingerprint density at radius 3 is 2.42 bits per heavy atom. The van der Waals surface area contributed by atoms with Crippen LogP contribution in [0, 0.1) is 35.4 Å². The van der Waals surface area contributed by atoms with Crippen molar-refractivity contribution in [2.45, 2.75) is 13.8 Å². The van der Waals surface area contributed by atoms with E-state index in [-0.39, 0.29) is 11.3 Å². The van der Waals surface area contributed by atoms with Crippen LogP contribution in [0.3, 0.4) is 0 Å². The molecule has 7 nitrogen and oxygen atoms in total. The van der Waals surface area contributed by atoms with Gasteiger partial charge in [-0.15, -0.1) is 0 Å². The highest BCUT2D eigenvalue weighted by Crippen LogP contribution is 2.25. The van der Waals surface area contributed by atoms with E-state index in [1.165, 1.54) is 42.1 Å². The van der Waals surface area contributed by atoms with Gasteiger partial charge >= 0.3 is 5.97 Å². The van der Waals surface area contributed by atoms with Gasteiger partial charge in [0.25, 0.3) is 0 Å². The lowest BCUT2D eigenvalue weighted by Crippen LogP contribution is -2.25. The molecule has 0 unspecified atom stereocenters. The van der Waals surface area contributed by atoms with Gasteiger partial charge in [-0.3, -0.25) is 4.79 Å². The normalized spacial score (nSPS) is 11.4. The number of esters is 1. The summed E-state index contributed by atoms with van der Waals surface area (Å²) >= 11 is 0. The lowest BCUT2D eigenvalue weighted by atomic mass is 10.0. The summed E-state index contributed by atoms with van der Waals surface area (Å²) in [7, 11) is 0. The highest BCUT2D eigenvalue weighted by molar-refractivity contribution is 6.06. The summed E-state index contributed by atoms with van der Waals surface area (Å²) in [6, 6.07) is 14.7. The topological polar surface area (TPSA) is 109 Å². The summed E-state index contributed by atoms with van der Waals surface area (Å²) < 4.78 is 19.8. The highest BCUT2D eigenvalue weighted by atomic mass is 19.1. The molecule has 1 atom stereocenters. The van der Waals surface area contributed by atoms with Gasteiger partial charge in [-0.05, 0) is 38.1 Å². The number of ketones is 1. The van der Waals surface area contributed by atoms with E-state index in [0.29, 0.717) is 16.9 Å². The fourth-order valence-corrected chi connectivity index (χ4v) is 2.88. The van der Waals surface area contributed by atoms with Gasteiger partial charge in [-0.1, -0.05) is 29.8 Å². The fraction of sp³-hybridized carbons (Fsp3) is 0.174. The molecular formula is C23H19FN4O3. The molecule has 0 aliphatic carbocycles. The minimum absolute atomic E-state index is 0.112. The molecule has 0 bridgehead atoms. The Morgan fingerprint density at radius 1 is 1.19 bits per heavy atom. The van der Waals surface area contributed by atoms with Crippen molar-refractivity contribution in [2.24, 2.45) is 5.92 Å². The Bertz CT molecular complexity index is 1180. The van der Waals surface area contributed by atoms with E-state index in [4.69, 9.17) is 15.4 Å². The molecule has 0 spiro atoms. The van der Waals surface area contributed by atoms with E-state index in [1.54, 1.807) is 18.2 Å². The van der Waals surface area contributed by atoms with Crippen molar-refractivity contribution in [3.63, 3.8) is 0 Å². The molecule has 8 heteroatoms. The third-order valence-electron chi connectivity index (χ3n) is 4.58. The molecule has 0 amide bonds. The van der Waals surface area contributed by atoms with Gasteiger partial charge in [0.05, 0.1) is 11.8 Å². The second-order valence-electron chi connectivity index (χ2n) is 6.97. The summed E-state index contributed by atoms with van der Waals surface area (Å²) in [5.74, 6) is -3.13. The Hall–Kier alpha value is -4.12. The first kappa shape index (κ1) is 21.6. The van der Waals surface area contributed by atoms with Crippen molar-refractivity contribution in [1.29, 1.82) is 10.7 Å². The van der Waals surface area contributed by atoms with Crippen LogP contribution in [0.25, 0.3) is 16.9 Å². The van der Waals surface area contributed by atoms with Crippen molar-refractivity contribution in [3.8, 4) is 23.0 Å². The van der Waals surface area contributed by atoms with Crippen LogP contribution in [0.5, 0.6) is 0 Å². The Labute approximate surface area is 178 Å². The van der Waals surface area contributed by atoms with Gasteiger partial charge in [0, 0.05) is 17.5 Å². The van der Waals surface area contributed by atoms with Gasteiger partial charge in [0.2, 0.25) is 0 Å². The smallest absolute Gasteiger partial charge is 0.342 e. The predicted octanol–water partition coefficient (Wildman–Crippen LogP) is 3.89. The average Bonchev–Trinajstić information content (AvgIpc) is 3.19. The number of nitrogens with one attached hydrogen (secondary N) is 1. The zero-order valence-electron chi connectivity index (χ0n) is 16.9. The molecule has 0 fully saturated rings. The molecule has 1 N–H and O–H groups in total. The molecule has 0 aliphatic rings. The van der Waals surface area contributed by atoms with E-state index in [2.05, 4.69) is 5.10 Å². The van der Waals surface area contributed by atoms with Crippen LogP contribution < -0.4 is 0 Å². The zero-order chi connectivity index (χ0) is 22.5. The van der Waals surface area contributed by atoms with E-state index in [0.717, 1.165) is 5.56 Å². The number of aromatic nitrogens is 2. The van der Waals surface area contributed by atoms with Crippen LogP contribution >= 0.6 is 0 Å². The number of carbonyl (C=O) groups excluding carboxylic acids is 2. The lowest BCUT2D eigenvalue weighted by Gasteiger charge is -2.07. The van der Waals surface area contributed by atoms with Crippen molar-refractivity contribution in [1.82, 2.24) is 9.78 Å². The van der Waals surface area contributed by atoms with Gasteiger partial charge in [0.15, 0.2) is 12.4 Å². The average molecular weight is 418 g/mol. The largest absolute Gasteiger partial charge is 0.454 e. The Balaban J connectivity index is 1.93. The van der Waals surface area contributed by atoms with Crippen molar-refractivity contribution in [3.05, 3.63) is 71.7 Å². The second-order valence-corrected chi connectivity index (χ2v) is 6.97. The Morgan fingerprint density at radius 2 is 1.84 bits per heavy atom. The van der Waals surface area contributed by atoms with Crippen molar-refractivity contribution >= 4 is 17.5 Å². The minimum atomic E-state index is -1.26. The molecule has 3 aromatic rings. The molecule has 0 saturated heterocycles. The molecule has 0 radical (unpaired) electrons. The number of carbonyl (C=O) groups is 2. The van der Waals surface area contributed by atoms with Gasteiger partial charge in [-0.25, -0.2) is 13.9 Å². The summed E-state index contributed by atoms with van der Waals surface area (Å²) in [5.41, 5.74) is 2.56. The first-order valence-electron chi connectivity index (χ1n) is 9.37. The number of ether oxygens (including phenoxy) is 1. The number of aryl methyl sites for hydroxylation is 1. The predicted molar refractivity (Wildman–Crippen MR) is 111 cm³/mol. The monoisotopic (exact) mass is 418 g/mol. The quantitative estimate of drug-likeness (QED) is 0.462. The molecule has 156 valence electrons. The SMILES string of the molecule is CC(=N)[C@@H](C#N)C(=O)COC(=O)c1cn(-c2ccc(F)cc2)nc1-c1ccc(C)cc1. The van der Waals surface area contributed by atoms with Crippen LogP contribution in [0.4, 0.5) is 4.39 Å². The van der Waals surface area contributed by atoms with E-state index in [9.17, 15) is 14.0 Å². The third-order valence-corrected chi connectivity index (χ3v) is 4.58. The maximum Gasteiger partial charge on any atom is 0.342 e. The minimum Gasteiger partial charge on any atom is -0.454 e.